The van der Waals surface area contributed by atoms with Crippen LogP contribution in [0.4, 0.5) is 0 Å². The van der Waals surface area contributed by atoms with Gasteiger partial charge < -0.3 is 19.2 Å². The van der Waals surface area contributed by atoms with E-state index in [-0.39, 0.29) is 17.7 Å². The van der Waals surface area contributed by atoms with E-state index < -0.39 is 0 Å². The highest BCUT2D eigenvalue weighted by Gasteiger charge is 2.14. The first-order valence-electron chi connectivity index (χ1n) is 7.54. The number of thioether (sulfide) groups is 1. The Bertz CT molecular complexity index is 667. The van der Waals surface area contributed by atoms with Crippen molar-refractivity contribution in [3.05, 3.63) is 18.2 Å². The lowest BCUT2D eigenvalue weighted by molar-refractivity contribution is -0.119. The highest BCUT2D eigenvalue weighted by atomic mass is 32.2. The van der Waals surface area contributed by atoms with Crippen LogP contribution in [0, 0.1) is 0 Å². The molecule has 0 bridgehead atoms. The smallest absolute Gasteiger partial charge is 0.277 e. The van der Waals surface area contributed by atoms with Gasteiger partial charge in [0, 0.05) is 17.7 Å². The molecule has 0 aliphatic rings. The lowest BCUT2D eigenvalue weighted by Crippen LogP contribution is -2.33. The fraction of sp³-hybridized carbons (Fsp3) is 0.438. The van der Waals surface area contributed by atoms with E-state index in [1.54, 1.807) is 32.4 Å². The molecule has 1 atom stereocenters. The van der Waals surface area contributed by atoms with E-state index in [2.05, 4.69) is 15.5 Å². The van der Waals surface area contributed by atoms with E-state index in [0.717, 1.165) is 6.42 Å². The number of ether oxygens (including phenoxy) is 2. The van der Waals surface area contributed by atoms with Crippen LogP contribution in [0.2, 0.25) is 0 Å². The molecule has 0 radical (unpaired) electrons. The number of rotatable bonds is 8. The van der Waals surface area contributed by atoms with Gasteiger partial charge in [-0.15, -0.1) is 10.2 Å². The monoisotopic (exact) mass is 351 g/mol. The Labute approximate surface area is 145 Å². The predicted molar refractivity (Wildman–Crippen MR) is 91.5 cm³/mol. The maximum Gasteiger partial charge on any atom is 0.277 e. The normalized spacial score (nSPS) is 11.8. The summed E-state index contributed by atoms with van der Waals surface area (Å²) < 4.78 is 16.0. The van der Waals surface area contributed by atoms with Crippen molar-refractivity contribution in [2.45, 2.75) is 31.5 Å². The largest absolute Gasteiger partial charge is 0.497 e. The molecule has 0 aliphatic carbocycles. The SMILES string of the molecule is CCC(C)NC(=O)CSc1nnc(-c2cc(OC)cc(OC)c2)o1. The van der Waals surface area contributed by atoms with Gasteiger partial charge >= 0.3 is 0 Å². The van der Waals surface area contributed by atoms with Crippen LogP contribution < -0.4 is 14.8 Å². The minimum absolute atomic E-state index is 0.0582. The summed E-state index contributed by atoms with van der Waals surface area (Å²) in [6.07, 6.45) is 0.888. The maximum absolute atomic E-state index is 11.8. The Morgan fingerprint density at radius 2 is 1.92 bits per heavy atom. The van der Waals surface area contributed by atoms with Gasteiger partial charge in [-0.3, -0.25) is 4.79 Å². The first-order valence-corrected chi connectivity index (χ1v) is 8.53. The zero-order valence-corrected chi connectivity index (χ0v) is 15.0. The molecule has 24 heavy (non-hydrogen) atoms. The number of carbonyl (C=O) groups excluding carboxylic acids is 1. The third kappa shape index (κ3) is 4.89. The van der Waals surface area contributed by atoms with Gasteiger partial charge in [-0.1, -0.05) is 18.7 Å². The number of benzene rings is 1. The molecule has 130 valence electrons. The Balaban J connectivity index is 2.04. The second-order valence-corrected chi connectivity index (χ2v) is 6.07. The van der Waals surface area contributed by atoms with Crippen molar-refractivity contribution in [1.82, 2.24) is 15.5 Å². The van der Waals surface area contributed by atoms with Crippen molar-refractivity contribution >= 4 is 17.7 Å². The second kappa shape index (κ2) is 8.58. The molecule has 1 amide bonds. The topological polar surface area (TPSA) is 86.5 Å². The van der Waals surface area contributed by atoms with Crippen molar-refractivity contribution in [1.29, 1.82) is 0 Å². The van der Waals surface area contributed by atoms with Gasteiger partial charge in [0.1, 0.15) is 11.5 Å². The van der Waals surface area contributed by atoms with Gasteiger partial charge in [-0.2, -0.15) is 0 Å². The molecule has 0 fully saturated rings. The molecule has 1 aromatic carbocycles. The highest BCUT2D eigenvalue weighted by Crippen LogP contribution is 2.30. The lowest BCUT2D eigenvalue weighted by Gasteiger charge is -2.09. The molecule has 1 heterocycles. The first kappa shape index (κ1) is 18.1. The van der Waals surface area contributed by atoms with E-state index in [4.69, 9.17) is 13.9 Å². The highest BCUT2D eigenvalue weighted by molar-refractivity contribution is 7.99. The first-order chi connectivity index (χ1) is 11.5. The number of nitrogens with one attached hydrogen (secondary N) is 1. The molecule has 1 N–H and O–H groups in total. The van der Waals surface area contributed by atoms with Crippen LogP contribution >= 0.6 is 11.8 Å². The Kier molecular flexibility index (Phi) is 6.48. The van der Waals surface area contributed by atoms with Crippen molar-refractivity contribution in [3.63, 3.8) is 0 Å². The molecule has 8 heteroatoms. The second-order valence-electron chi connectivity index (χ2n) is 5.14. The summed E-state index contributed by atoms with van der Waals surface area (Å²) in [5.41, 5.74) is 0.689. The summed E-state index contributed by atoms with van der Waals surface area (Å²) in [6, 6.07) is 5.47. The molecule has 1 aromatic heterocycles. The molecule has 1 unspecified atom stereocenters. The number of carbonyl (C=O) groups is 1. The number of aromatic nitrogens is 2. The average Bonchev–Trinajstić information content (AvgIpc) is 3.08. The van der Waals surface area contributed by atoms with Crippen molar-refractivity contribution in [2.24, 2.45) is 0 Å². The number of methoxy groups -OCH3 is 2. The minimum Gasteiger partial charge on any atom is -0.497 e. The summed E-state index contributed by atoms with van der Waals surface area (Å²) in [7, 11) is 3.15. The van der Waals surface area contributed by atoms with Gasteiger partial charge in [-0.25, -0.2) is 0 Å². The summed E-state index contributed by atoms with van der Waals surface area (Å²) in [6.45, 7) is 3.98. The van der Waals surface area contributed by atoms with E-state index in [1.165, 1.54) is 11.8 Å². The van der Waals surface area contributed by atoms with E-state index >= 15 is 0 Å². The molecule has 2 aromatic rings. The van der Waals surface area contributed by atoms with Crippen LogP contribution in [-0.4, -0.2) is 42.1 Å². The van der Waals surface area contributed by atoms with Crippen LogP contribution in [0.3, 0.4) is 0 Å². The van der Waals surface area contributed by atoms with E-state index in [1.807, 2.05) is 13.8 Å². The van der Waals surface area contributed by atoms with Crippen LogP contribution in [0.15, 0.2) is 27.8 Å². The summed E-state index contributed by atoms with van der Waals surface area (Å²) >= 11 is 1.20. The maximum atomic E-state index is 11.8. The van der Waals surface area contributed by atoms with Gasteiger partial charge in [0.05, 0.1) is 20.0 Å². The van der Waals surface area contributed by atoms with E-state index in [9.17, 15) is 4.79 Å². The Morgan fingerprint density at radius 1 is 1.25 bits per heavy atom. The summed E-state index contributed by atoms with van der Waals surface area (Å²) in [5.74, 6) is 1.77. The molecular weight excluding hydrogens is 330 g/mol. The fourth-order valence-corrected chi connectivity index (χ4v) is 2.44. The molecule has 0 saturated heterocycles. The van der Waals surface area contributed by atoms with Crippen molar-refractivity contribution in [2.75, 3.05) is 20.0 Å². The summed E-state index contributed by atoms with van der Waals surface area (Å²) in [5, 5.41) is 11.2. The number of hydrogen-bond donors (Lipinski definition) is 1. The van der Waals surface area contributed by atoms with E-state index in [0.29, 0.717) is 28.2 Å². The Morgan fingerprint density at radius 3 is 2.50 bits per heavy atom. The zero-order chi connectivity index (χ0) is 17.5. The molecule has 0 saturated carbocycles. The lowest BCUT2D eigenvalue weighted by atomic mass is 10.2. The summed E-state index contributed by atoms with van der Waals surface area (Å²) in [4.78, 5) is 11.8. The van der Waals surface area contributed by atoms with Crippen LogP contribution in [0.5, 0.6) is 11.5 Å². The third-order valence-corrected chi connectivity index (χ3v) is 4.17. The Hall–Kier alpha value is -2.22. The molecule has 0 spiro atoms. The van der Waals surface area contributed by atoms with Crippen molar-refractivity contribution in [3.8, 4) is 23.0 Å². The predicted octanol–water partition coefficient (Wildman–Crippen LogP) is 2.76. The number of hydrogen-bond acceptors (Lipinski definition) is 7. The van der Waals surface area contributed by atoms with Gasteiger partial charge in [0.2, 0.25) is 11.8 Å². The van der Waals surface area contributed by atoms with Crippen LogP contribution in [0.25, 0.3) is 11.5 Å². The molecule has 7 nitrogen and oxygen atoms in total. The van der Waals surface area contributed by atoms with Crippen LogP contribution in [0.1, 0.15) is 20.3 Å². The zero-order valence-electron chi connectivity index (χ0n) is 14.2. The quantitative estimate of drug-likeness (QED) is 0.732. The van der Waals surface area contributed by atoms with Gasteiger partial charge in [0.25, 0.3) is 5.22 Å². The minimum atomic E-state index is -0.0582. The number of amides is 1. The van der Waals surface area contributed by atoms with Crippen molar-refractivity contribution < 1.29 is 18.7 Å². The molecule has 2 rings (SSSR count). The van der Waals surface area contributed by atoms with Gasteiger partial charge in [-0.05, 0) is 25.5 Å². The fourth-order valence-electron chi connectivity index (χ4n) is 1.86. The van der Waals surface area contributed by atoms with Gasteiger partial charge in [0.15, 0.2) is 0 Å². The molecular formula is C16H21N3O4S. The standard InChI is InChI=1S/C16H21N3O4S/c1-5-10(2)17-14(20)9-24-16-19-18-15(23-16)11-6-12(21-3)8-13(7-11)22-4/h6-8,10H,5,9H2,1-4H3,(H,17,20). The number of nitrogens with zero attached hydrogens (tertiary/aromatic N) is 2. The average molecular weight is 351 g/mol. The third-order valence-electron chi connectivity index (χ3n) is 3.35. The molecule has 0 aliphatic heterocycles. The van der Waals surface area contributed by atoms with Crippen LogP contribution in [-0.2, 0) is 4.79 Å².